The van der Waals surface area contributed by atoms with Gasteiger partial charge in [-0.05, 0) is 31.9 Å². The molecule has 0 radical (unpaired) electrons. The van der Waals surface area contributed by atoms with E-state index in [1.807, 2.05) is 23.1 Å². The van der Waals surface area contributed by atoms with Gasteiger partial charge in [-0.3, -0.25) is 19.9 Å². The first-order chi connectivity index (χ1) is 11.6. The van der Waals surface area contributed by atoms with Crippen LogP contribution < -0.4 is 15.8 Å². The van der Waals surface area contributed by atoms with Crippen molar-refractivity contribution in [1.29, 1.82) is 0 Å². The molecular formula is C17H23N5O2. The Morgan fingerprint density at radius 2 is 2.21 bits per heavy atom. The summed E-state index contributed by atoms with van der Waals surface area (Å²) in [7, 11) is 0. The SMILES string of the molecule is CC1CC(C(=O)N2CCC3(CC(=O)N(c4ccccn4)C3)C2)NN1. The Morgan fingerprint density at radius 3 is 2.92 bits per heavy atom. The maximum absolute atomic E-state index is 12.7. The van der Waals surface area contributed by atoms with Crippen LogP contribution >= 0.6 is 0 Å². The average Bonchev–Trinajstić information content (AvgIpc) is 3.28. The monoisotopic (exact) mass is 329 g/mol. The number of nitrogens with zero attached hydrogens (tertiary/aromatic N) is 3. The molecule has 3 unspecified atom stereocenters. The fourth-order valence-corrected chi connectivity index (χ4v) is 4.11. The van der Waals surface area contributed by atoms with Gasteiger partial charge >= 0.3 is 0 Å². The average molecular weight is 329 g/mol. The van der Waals surface area contributed by atoms with Crippen molar-refractivity contribution in [3.05, 3.63) is 24.4 Å². The number of amides is 2. The predicted molar refractivity (Wildman–Crippen MR) is 89.0 cm³/mol. The van der Waals surface area contributed by atoms with E-state index in [-0.39, 0.29) is 23.3 Å². The number of hydrazine groups is 1. The van der Waals surface area contributed by atoms with E-state index in [4.69, 9.17) is 0 Å². The molecule has 3 aliphatic heterocycles. The molecule has 0 bridgehead atoms. The maximum Gasteiger partial charge on any atom is 0.241 e. The van der Waals surface area contributed by atoms with E-state index in [0.29, 0.717) is 31.4 Å². The molecule has 7 heteroatoms. The Labute approximate surface area is 141 Å². The van der Waals surface area contributed by atoms with E-state index in [0.717, 1.165) is 19.4 Å². The summed E-state index contributed by atoms with van der Waals surface area (Å²) in [5.41, 5.74) is 6.06. The van der Waals surface area contributed by atoms with Crippen LogP contribution in [0.2, 0.25) is 0 Å². The number of hydrogen-bond acceptors (Lipinski definition) is 5. The lowest BCUT2D eigenvalue weighted by atomic mass is 9.86. The van der Waals surface area contributed by atoms with Crippen molar-refractivity contribution in [2.24, 2.45) is 5.41 Å². The van der Waals surface area contributed by atoms with Crippen molar-refractivity contribution in [2.45, 2.75) is 38.3 Å². The number of aromatic nitrogens is 1. The molecule has 0 aliphatic carbocycles. The predicted octanol–water partition coefficient (Wildman–Crippen LogP) is 0.292. The summed E-state index contributed by atoms with van der Waals surface area (Å²) in [6, 6.07) is 5.76. The van der Waals surface area contributed by atoms with Gasteiger partial charge < -0.3 is 4.90 Å². The summed E-state index contributed by atoms with van der Waals surface area (Å²) in [6.07, 6.45) is 3.89. The highest BCUT2D eigenvalue weighted by atomic mass is 16.2. The lowest BCUT2D eigenvalue weighted by Gasteiger charge is -2.25. The molecule has 3 atom stereocenters. The molecule has 128 valence electrons. The summed E-state index contributed by atoms with van der Waals surface area (Å²) in [6.45, 7) is 4.10. The first-order valence-electron chi connectivity index (χ1n) is 8.58. The zero-order chi connectivity index (χ0) is 16.7. The number of carbonyl (C=O) groups is 2. The van der Waals surface area contributed by atoms with Crippen LogP contribution in [-0.4, -0.2) is 53.4 Å². The molecule has 0 saturated carbocycles. The lowest BCUT2D eigenvalue weighted by Crippen LogP contribution is -2.45. The fourth-order valence-electron chi connectivity index (χ4n) is 4.11. The molecule has 0 aromatic carbocycles. The number of rotatable bonds is 2. The van der Waals surface area contributed by atoms with E-state index in [9.17, 15) is 9.59 Å². The van der Waals surface area contributed by atoms with Crippen molar-refractivity contribution >= 4 is 17.6 Å². The fraction of sp³-hybridized carbons (Fsp3) is 0.588. The highest BCUT2D eigenvalue weighted by Crippen LogP contribution is 2.41. The van der Waals surface area contributed by atoms with Gasteiger partial charge in [-0.2, -0.15) is 0 Å². The molecule has 7 nitrogen and oxygen atoms in total. The van der Waals surface area contributed by atoms with Crippen molar-refractivity contribution in [1.82, 2.24) is 20.7 Å². The Hall–Kier alpha value is -1.99. The topological polar surface area (TPSA) is 77.6 Å². The minimum Gasteiger partial charge on any atom is -0.341 e. The van der Waals surface area contributed by atoms with Crippen LogP contribution in [0.15, 0.2) is 24.4 Å². The molecule has 24 heavy (non-hydrogen) atoms. The minimum atomic E-state index is -0.154. The molecule has 2 N–H and O–H groups in total. The number of anilines is 1. The third-order valence-corrected chi connectivity index (χ3v) is 5.39. The van der Waals surface area contributed by atoms with Gasteiger partial charge in [-0.25, -0.2) is 10.4 Å². The van der Waals surface area contributed by atoms with Crippen molar-refractivity contribution < 1.29 is 9.59 Å². The minimum absolute atomic E-state index is 0.109. The van der Waals surface area contributed by atoms with Crippen LogP contribution in [0, 0.1) is 5.41 Å². The Morgan fingerprint density at radius 1 is 1.33 bits per heavy atom. The number of pyridine rings is 1. The normalized spacial score (nSPS) is 33.0. The third kappa shape index (κ3) is 2.67. The second-order valence-corrected chi connectivity index (χ2v) is 7.33. The van der Waals surface area contributed by atoms with Gasteiger partial charge in [0.25, 0.3) is 0 Å². The molecule has 3 fully saturated rings. The van der Waals surface area contributed by atoms with Gasteiger partial charge in [0, 0.05) is 43.7 Å². The van der Waals surface area contributed by atoms with Gasteiger partial charge in [-0.15, -0.1) is 0 Å². The highest BCUT2D eigenvalue weighted by molar-refractivity contribution is 5.95. The molecule has 1 aromatic rings. The second kappa shape index (κ2) is 5.82. The zero-order valence-electron chi connectivity index (χ0n) is 13.9. The van der Waals surface area contributed by atoms with Crippen LogP contribution in [0.1, 0.15) is 26.2 Å². The van der Waals surface area contributed by atoms with Crippen LogP contribution in [-0.2, 0) is 9.59 Å². The number of hydrogen-bond donors (Lipinski definition) is 2. The summed E-state index contributed by atoms with van der Waals surface area (Å²) in [5, 5.41) is 0. The number of nitrogens with one attached hydrogen (secondary N) is 2. The van der Waals surface area contributed by atoms with E-state index in [2.05, 4.69) is 22.8 Å². The first kappa shape index (κ1) is 15.5. The van der Waals surface area contributed by atoms with E-state index >= 15 is 0 Å². The van der Waals surface area contributed by atoms with Crippen LogP contribution in [0.5, 0.6) is 0 Å². The third-order valence-electron chi connectivity index (χ3n) is 5.39. The molecular weight excluding hydrogens is 306 g/mol. The Balaban J connectivity index is 1.44. The standard InChI is InChI=1S/C17H23N5O2/c1-12-8-13(20-19-12)16(24)21-7-5-17(10-21)9-15(23)22(11-17)14-4-2-3-6-18-14/h2-4,6,12-13,19-20H,5,7-11H2,1H3. The smallest absolute Gasteiger partial charge is 0.241 e. The first-order valence-corrected chi connectivity index (χ1v) is 8.58. The molecule has 2 amide bonds. The largest absolute Gasteiger partial charge is 0.341 e. The van der Waals surface area contributed by atoms with Crippen LogP contribution in [0.3, 0.4) is 0 Å². The second-order valence-electron chi connectivity index (χ2n) is 7.33. The molecule has 4 heterocycles. The molecule has 3 saturated heterocycles. The Kier molecular flexibility index (Phi) is 3.77. The van der Waals surface area contributed by atoms with Gasteiger partial charge in [0.1, 0.15) is 11.9 Å². The summed E-state index contributed by atoms with van der Waals surface area (Å²) in [4.78, 5) is 33.1. The maximum atomic E-state index is 12.7. The Bertz CT molecular complexity index is 652. The number of carbonyl (C=O) groups excluding carboxylic acids is 2. The van der Waals surface area contributed by atoms with Gasteiger partial charge in [-0.1, -0.05) is 6.07 Å². The van der Waals surface area contributed by atoms with Gasteiger partial charge in [0.2, 0.25) is 11.8 Å². The van der Waals surface area contributed by atoms with Crippen LogP contribution in [0.4, 0.5) is 5.82 Å². The van der Waals surface area contributed by atoms with Crippen molar-refractivity contribution in [3.8, 4) is 0 Å². The van der Waals surface area contributed by atoms with Crippen molar-refractivity contribution in [3.63, 3.8) is 0 Å². The van der Waals surface area contributed by atoms with E-state index in [1.54, 1.807) is 11.1 Å². The zero-order valence-corrected chi connectivity index (χ0v) is 13.9. The molecule has 1 spiro atoms. The van der Waals surface area contributed by atoms with E-state index in [1.165, 1.54) is 0 Å². The quantitative estimate of drug-likeness (QED) is 0.816. The lowest BCUT2D eigenvalue weighted by molar-refractivity contribution is -0.132. The summed E-state index contributed by atoms with van der Waals surface area (Å²) >= 11 is 0. The van der Waals surface area contributed by atoms with Gasteiger partial charge in [0.15, 0.2) is 0 Å². The molecule has 4 rings (SSSR count). The molecule has 1 aromatic heterocycles. The van der Waals surface area contributed by atoms with E-state index < -0.39 is 0 Å². The number of likely N-dealkylation sites (tertiary alicyclic amines) is 1. The van der Waals surface area contributed by atoms with Crippen LogP contribution in [0.25, 0.3) is 0 Å². The highest BCUT2D eigenvalue weighted by Gasteiger charge is 2.49. The summed E-state index contributed by atoms with van der Waals surface area (Å²) in [5.74, 6) is 0.962. The van der Waals surface area contributed by atoms with Gasteiger partial charge in [0.05, 0.1) is 0 Å². The molecule has 3 aliphatic rings. The summed E-state index contributed by atoms with van der Waals surface area (Å²) < 4.78 is 0. The van der Waals surface area contributed by atoms with Crippen molar-refractivity contribution in [2.75, 3.05) is 24.5 Å².